The van der Waals surface area contributed by atoms with Gasteiger partial charge in [0.25, 0.3) is 0 Å². The molecule has 1 aliphatic rings. The van der Waals surface area contributed by atoms with Crippen LogP contribution in [0.2, 0.25) is 0 Å². The highest BCUT2D eigenvalue weighted by Gasteiger charge is 2.32. The van der Waals surface area contributed by atoms with Gasteiger partial charge < -0.3 is 20.1 Å². The lowest BCUT2D eigenvalue weighted by Crippen LogP contribution is -2.45. The Morgan fingerprint density at radius 2 is 1.91 bits per heavy atom. The number of hydrogen-bond donors (Lipinski definition) is 2. The molecule has 0 saturated heterocycles. The van der Waals surface area contributed by atoms with Gasteiger partial charge in [-0.15, -0.1) is 0 Å². The van der Waals surface area contributed by atoms with Crippen LogP contribution < -0.4 is 15.4 Å². The number of hydrogen-bond acceptors (Lipinski definition) is 4. The predicted octanol–water partition coefficient (Wildman–Crippen LogP) is 2.66. The molecule has 1 heterocycles. The fraction of sp³-hybridized carbons (Fsp3) is 0.412. The van der Waals surface area contributed by atoms with Crippen molar-refractivity contribution < 1.29 is 19.1 Å². The monoisotopic (exact) mass is 318 g/mol. The van der Waals surface area contributed by atoms with E-state index in [-0.39, 0.29) is 12.1 Å². The van der Waals surface area contributed by atoms with Crippen molar-refractivity contribution in [2.75, 3.05) is 6.61 Å². The molecule has 0 radical (unpaired) electrons. The molecular formula is C17H22N2O4. The van der Waals surface area contributed by atoms with E-state index in [4.69, 9.17) is 9.47 Å². The lowest BCUT2D eigenvalue weighted by atomic mass is 9.95. The van der Waals surface area contributed by atoms with Crippen LogP contribution in [0.4, 0.5) is 4.79 Å². The molecule has 2 rings (SSSR count). The van der Waals surface area contributed by atoms with Gasteiger partial charge in [0.15, 0.2) is 0 Å². The number of benzene rings is 1. The largest absolute Gasteiger partial charge is 0.494 e. The van der Waals surface area contributed by atoms with Gasteiger partial charge in [0, 0.05) is 5.70 Å². The minimum absolute atomic E-state index is 0.235. The zero-order valence-corrected chi connectivity index (χ0v) is 13.8. The van der Waals surface area contributed by atoms with Crippen molar-refractivity contribution in [2.45, 2.75) is 39.8 Å². The Labute approximate surface area is 135 Å². The number of carbonyl (C=O) groups is 2. The van der Waals surface area contributed by atoms with Gasteiger partial charge in [0.1, 0.15) is 5.75 Å². The van der Waals surface area contributed by atoms with E-state index in [1.807, 2.05) is 31.2 Å². The van der Waals surface area contributed by atoms with E-state index in [1.165, 1.54) is 0 Å². The number of nitrogens with one attached hydrogen (secondary N) is 2. The average molecular weight is 318 g/mol. The summed E-state index contributed by atoms with van der Waals surface area (Å²) in [6.45, 7) is 7.75. The van der Waals surface area contributed by atoms with Crippen molar-refractivity contribution in [3.8, 4) is 5.75 Å². The van der Waals surface area contributed by atoms with Gasteiger partial charge in [0.05, 0.1) is 24.3 Å². The maximum absolute atomic E-state index is 12.4. The van der Waals surface area contributed by atoms with E-state index in [2.05, 4.69) is 10.6 Å². The Morgan fingerprint density at radius 3 is 2.48 bits per heavy atom. The Bertz CT molecular complexity index is 620. The van der Waals surface area contributed by atoms with Crippen molar-refractivity contribution in [3.63, 3.8) is 0 Å². The van der Waals surface area contributed by atoms with Gasteiger partial charge >= 0.3 is 12.0 Å². The zero-order chi connectivity index (χ0) is 17.0. The summed E-state index contributed by atoms with van der Waals surface area (Å²) < 4.78 is 10.7. The van der Waals surface area contributed by atoms with Crippen LogP contribution in [0, 0.1) is 0 Å². The molecule has 1 aromatic carbocycles. The van der Waals surface area contributed by atoms with Gasteiger partial charge in [-0.05, 0) is 45.4 Å². The summed E-state index contributed by atoms with van der Waals surface area (Å²) >= 11 is 0. The van der Waals surface area contributed by atoms with Crippen LogP contribution in [0.3, 0.4) is 0 Å². The van der Waals surface area contributed by atoms with Crippen LogP contribution in [0.5, 0.6) is 5.75 Å². The van der Waals surface area contributed by atoms with Crippen LogP contribution in [0.1, 0.15) is 39.3 Å². The van der Waals surface area contributed by atoms with Crippen molar-refractivity contribution in [3.05, 3.63) is 41.1 Å². The second-order valence-electron chi connectivity index (χ2n) is 5.53. The number of urea groups is 1. The van der Waals surface area contributed by atoms with Gasteiger partial charge in [-0.3, -0.25) is 0 Å². The SMILES string of the molecule is CCOc1ccc([C@H]2NC(=O)NC(C)=C2C(=O)OC(C)C)cc1. The second-order valence-corrected chi connectivity index (χ2v) is 5.53. The third-order valence-electron chi connectivity index (χ3n) is 3.36. The van der Waals surface area contributed by atoms with E-state index in [0.29, 0.717) is 17.9 Å². The number of amides is 2. The summed E-state index contributed by atoms with van der Waals surface area (Å²) in [7, 11) is 0. The van der Waals surface area contributed by atoms with E-state index in [9.17, 15) is 9.59 Å². The van der Waals surface area contributed by atoms with Gasteiger partial charge in [0.2, 0.25) is 0 Å². The molecule has 2 amide bonds. The summed E-state index contributed by atoms with van der Waals surface area (Å²) in [5, 5.41) is 5.39. The molecular weight excluding hydrogens is 296 g/mol. The fourth-order valence-electron chi connectivity index (χ4n) is 2.42. The molecule has 0 spiro atoms. The molecule has 0 unspecified atom stereocenters. The Hall–Kier alpha value is -2.50. The first-order valence-electron chi connectivity index (χ1n) is 7.64. The summed E-state index contributed by atoms with van der Waals surface area (Å²) in [6.07, 6.45) is -0.235. The Morgan fingerprint density at radius 1 is 1.26 bits per heavy atom. The number of carbonyl (C=O) groups excluding carboxylic acids is 2. The molecule has 1 aliphatic heterocycles. The first kappa shape index (κ1) is 16.9. The highest BCUT2D eigenvalue weighted by Crippen LogP contribution is 2.29. The maximum Gasteiger partial charge on any atom is 0.338 e. The van der Waals surface area contributed by atoms with E-state index in [1.54, 1.807) is 20.8 Å². The van der Waals surface area contributed by atoms with Crippen LogP contribution in [-0.4, -0.2) is 24.7 Å². The van der Waals surface area contributed by atoms with E-state index in [0.717, 1.165) is 11.3 Å². The van der Waals surface area contributed by atoms with Crippen LogP contribution in [0.15, 0.2) is 35.5 Å². The molecule has 6 heteroatoms. The summed E-state index contributed by atoms with van der Waals surface area (Å²) in [6, 6.07) is 6.39. The summed E-state index contributed by atoms with van der Waals surface area (Å²) in [5.41, 5.74) is 1.69. The molecule has 0 fully saturated rings. The van der Waals surface area contributed by atoms with Crippen LogP contribution >= 0.6 is 0 Å². The first-order chi connectivity index (χ1) is 10.9. The highest BCUT2D eigenvalue weighted by molar-refractivity contribution is 5.95. The zero-order valence-electron chi connectivity index (χ0n) is 13.8. The molecule has 23 heavy (non-hydrogen) atoms. The highest BCUT2D eigenvalue weighted by atomic mass is 16.5. The number of esters is 1. The third-order valence-corrected chi connectivity index (χ3v) is 3.36. The molecule has 0 aliphatic carbocycles. The van der Waals surface area contributed by atoms with Crippen LogP contribution in [0.25, 0.3) is 0 Å². The predicted molar refractivity (Wildman–Crippen MR) is 85.9 cm³/mol. The molecule has 1 aromatic rings. The molecule has 6 nitrogen and oxygen atoms in total. The molecule has 0 saturated carbocycles. The Kier molecular flexibility index (Phi) is 5.26. The van der Waals surface area contributed by atoms with Crippen molar-refractivity contribution in [2.24, 2.45) is 0 Å². The van der Waals surface area contributed by atoms with E-state index >= 15 is 0 Å². The topological polar surface area (TPSA) is 76.7 Å². The molecule has 0 bridgehead atoms. The fourth-order valence-corrected chi connectivity index (χ4v) is 2.42. The van der Waals surface area contributed by atoms with Gasteiger partial charge in [-0.25, -0.2) is 9.59 Å². The molecule has 1 atom stereocenters. The van der Waals surface area contributed by atoms with Crippen molar-refractivity contribution in [1.82, 2.24) is 10.6 Å². The molecule has 0 aromatic heterocycles. The number of allylic oxidation sites excluding steroid dienone is 1. The average Bonchev–Trinajstić information content (AvgIpc) is 2.46. The van der Waals surface area contributed by atoms with Gasteiger partial charge in [-0.2, -0.15) is 0 Å². The minimum Gasteiger partial charge on any atom is -0.494 e. The van der Waals surface area contributed by atoms with Crippen molar-refractivity contribution >= 4 is 12.0 Å². The summed E-state index contributed by atoms with van der Waals surface area (Å²) in [4.78, 5) is 24.2. The minimum atomic E-state index is -0.550. The smallest absolute Gasteiger partial charge is 0.338 e. The quantitative estimate of drug-likeness (QED) is 0.818. The maximum atomic E-state index is 12.4. The lowest BCUT2D eigenvalue weighted by Gasteiger charge is -2.28. The Balaban J connectivity index is 2.34. The van der Waals surface area contributed by atoms with Crippen LogP contribution in [-0.2, 0) is 9.53 Å². The van der Waals surface area contributed by atoms with Crippen molar-refractivity contribution in [1.29, 1.82) is 0 Å². The standard InChI is InChI=1S/C17H22N2O4/c1-5-22-13-8-6-12(7-9-13)15-14(16(20)23-10(2)3)11(4)18-17(21)19-15/h6-10,15H,5H2,1-4H3,(H2,18,19,21)/t15-/m1/s1. The first-order valence-corrected chi connectivity index (χ1v) is 7.64. The van der Waals surface area contributed by atoms with Gasteiger partial charge in [-0.1, -0.05) is 12.1 Å². The lowest BCUT2D eigenvalue weighted by molar-refractivity contribution is -0.143. The molecule has 2 N–H and O–H groups in total. The summed E-state index contributed by atoms with van der Waals surface area (Å²) in [5.74, 6) is 0.299. The number of ether oxygens (including phenoxy) is 2. The van der Waals surface area contributed by atoms with E-state index < -0.39 is 12.0 Å². The molecule has 124 valence electrons. The normalized spacial score (nSPS) is 17.6. The number of rotatable bonds is 5. The second kappa shape index (κ2) is 7.17. The third kappa shape index (κ3) is 4.03.